The molecule has 0 unspecified atom stereocenters. The summed E-state index contributed by atoms with van der Waals surface area (Å²) in [5, 5.41) is 3.86. The third kappa shape index (κ3) is 4.14. The van der Waals surface area contributed by atoms with Gasteiger partial charge in [0.05, 0.1) is 10.6 Å². The van der Waals surface area contributed by atoms with Crippen molar-refractivity contribution in [3.63, 3.8) is 0 Å². The predicted octanol–water partition coefficient (Wildman–Crippen LogP) is 4.78. The lowest BCUT2D eigenvalue weighted by Gasteiger charge is -2.16. The molecule has 0 spiro atoms. The summed E-state index contributed by atoms with van der Waals surface area (Å²) in [6, 6.07) is 13.4. The summed E-state index contributed by atoms with van der Waals surface area (Å²) in [5.74, 6) is 0.370. The Balaban J connectivity index is 2.06. The number of aryl methyl sites for hydroxylation is 1. The van der Waals surface area contributed by atoms with Crippen LogP contribution in [-0.2, 0) is 10.0 Å². The minimum atomic E-state index is -3.88. The fraction of sp³-hybridized carbons (Fsp3) is 0.238. The van der Waals surface area contributed by atoms with Crippen LogP contribution in [-0.4, -0.2) is 19.4 Å². The number of carbonyl (C=O) groups is 1. The molecule has 7 heteroatoms. The van der Waals surface area contributed by atoms with Gasteiger partial charge in [-0.05, 0) is 43.5 Å². The Labute approximate surface area is 164 Å². The quantitative estimate of drug-likeness (QED) is 0.604. The molecule has 1 aromatic heterocycles. The fourth-order valence-electron chi connectivity index (χ4n) is 2.91. The minimum Gasteiger partial charge on any atom is -0.356 e. The highest BCUT2D eigenvalue weighted by atomic mass is 32.2. The number of sulfonamides is 1. The molecule has 0 amide bonds. The average molecular weight is 398 g/mol. The first-order valence-electron chi connectivity index (χ1n) is 8.89. The minimum absolute atomic E-state index is 0.000594. The molecule has 146 valence electrons. The van der Waals surface area contributed by atoms with Crippen molar-refractivity contribution in [2.45, 2.75) is 38.5 Å². The van der Waals surface area contributed by atoms with Gasteiger partial charge < -0.3 is 4.52 Å². The molecular formula is C21H22N2O4S. The van der Waals surface area contributed by atoms with Gasteiger partial charge in [-0.15, -0.1) is 0 Å². The van der Waals surface area contributed by atoms with E-state index in [0.29, 0.717) is 33.8 Å². The molecule has 0 aliphatic carbocycles. The number of nitrogens with one attached hydrogen (secondary N) is 1. The van der Waals surface area contributed by atoms with E-state index >= 15 is 0 Å². The molecule has 0 atom stereocenters. The molecular weight excluding hydrogens is 376 g/mol. The largest absolute Gasteiger partial charge is 0.356 e. The van der Waals surface area contributed by atoms with Gasteiger partial charge in [0.2, 0.25) is 0 Å². The molecule has 2 aromatic carbocycles. The summed E-state index contributed by atoms with van der Waals surface area (Å²) in [7, 11) is -3.88. The highest BCUT2D eigenvalue weighted by Crippen LogP contribution is 2.31. The van der Waals surface area contributed by atoms with Gasteiger partial charge in [-0.1, -0.05) is 43.3 Å². The monoisotopic (exact) mass is 398 g/mol. The molecule has 0 saturated carbocycles. The van der Waals surface area contributed by atoms with E-state index in [1.165, 1.54) is 13.0 Å². The zero-order chi connectivity index (χ0) is 20.5. The van der Waals surface area contributed by atoms with Gasteiger partial charge >= 0.3 is 0 Å². The first-order valence-corrected chi connectivity index (χ1v) is 10.4. The first kappa shape index (κ1) is 19.8. The second kappa shape index (κ2) is 7.59. The molecule has 0 fully saturated rings. The Kier molecular flexibility index (Phi) is 5.38. The zero-order valence-electron chi connectivity index (χ0n) is 16.2. The molecule has 0 aliphatic heterocycles. The first-order chi connectivity index (χ1) is 13.2. The van der Waals surface area contributed by atoms with Gasteiger partial charge in [-0.3, -0.25) is 9.52 Å². The zero-order valence-corrected chi connectivity index (χ0v) is 17.0. The van der Waals surface area contributed by atoms with Gasteiger partial charge in [-0.2, -0.15) is 0 Å². The molecule has 0 aliphatic rings. The Morgan fingerprint density at radius 1 is 1.11 bits per heavy atom. The van der Waals surface area contributed by atoms with Crippen LogP contribution in [0.5, 0.6) is 0 Å². The van der Waals surface area contributed by atoms with Gasteiger partial charge in [0.25, 0.3) is 10.0 Å². The molecule has 3 rings (SSSR count). The van der Waals surface area contributed by atoms with Crippen molar-refractivity contribution >= 4 is 21.5 Å². The predicted molar refractivity (Wildman–Crippen MR) is 108 cm³/mol. The SMILES string of the molecule is CC(=O)c1cccc(NS(=O)(=O)c2cc(-c3cc(C)no3)ccc2C(C)C)c1. The topological polar surface area (TPSA) is 89.3 Å². The van der Waals surface area contributed by atoms with E-state index in [4.69, 9.17) is 4.52 Å². The lowest BCUT2D eigenvalue weighted by atomic mass is 10.0. The second-order valence-electron chi connectivity index (χ2n) is 6.98. The van der Waals surface area contributed by atoms with Crippen molar-refractivity contribution < 1.29 is 17.7 Å². The smallest absolute Gasteiger partial charge is 0.262 e. The number of rotatable bonds is 6. The normalized spacial score (nSPS) is 11.6. The molecule has 1 heterocycles. The number of nitrogens with zero attached hydrogens (tertiary/aromatic N) is 1. The highest BCUT2D eigenvalue weighted by molar-refractivity contribution is 7.92. The van der Waals surface area contributed by atoms with Gasteiger partial charge in [-0.25, -0.2) is 8.42 Å². The van der Waals surface area contributed by atoms with Crippen molar-refractivity contribution in [3.8, 4) is 11.3 Å². The van der Waals surface area contributed by atoms with Crippen molar-refractivity contribution in [2.24, 2.45) is 0 Å². The number of Topliss-reactive ketones (excluding diaryl/α,β-unsaturated/α-hetero) is 1. The van der Waals surface area contributed by atoms with E-state index < -0.39 is 10.0 Å². The summed E-state index contributed by atoms with van der Waals surface area (Å²) in [6.45, 7) is 7.11. The van der Waals surface area contributed by atoms with Crippen LogP contribution in [0.1, 0.15) is 48.3 Å². The van der Waals surface area contributed by atoms with Gasteiger partial charge in [0, 0.05) is 22.9 Å². The van der Waals surface area contributed by atoms with Crippen LogP contribution in [0.4, 0.5) is 5.69 Å². The Morgan fingerprint density at radius 3 is 2.46 bits per heavy atom. The second-order valence-corrected chi connectivity index (χ2v) is 8.63. The summed E-state index contributed by atoms with van der Waals surface area (Å²) >= 11 is 0. The summed E-state index contributed by atoms with van der Waals surface area (Å²) in [4.78, 5) is 11.8. The molecule has 3 aromatic rings. The highest BCUT2D eigenvalue weighted by Gasteiger charge is 2.22. The third-order valence-electron chi connectivity index (χ3n) is 4.36. The molecule has 0 saturated heterocycles. The standard InChI is InChI=1S/C21H22N2O4S/c1-13(2)19-9-8-17(20-10-14(3)22-27-20)12-21(19)28(25,26)23-18-7-5-6-16(11-18)15(4)24/h5-13,23H,1-4H3. The summed E-state index contributed by atoms with van der Waals surface area (Å²) in [6.07, 6.45) is 0. The Hall–Kier alpha value is -2.93. The van der Waals surface area contributed by atoms with Crippen molar-refractivity contribution in [1.29, 1.82) is 0 Å². The van der Waals surface area contributed by atoms with Crippen LogP contribution in [0.25, 0.3) is 11.3 Å². The third-order valence-corrected chi connectivity index (χ3v) is 5.80. The maximum atomic E-state index is 13.2. The number of aromatic nitrogens is 1. The van der Waals surface area contributed by atoms with Gasteiger partial charge in [0.15, 0.2) is 11.5 Å². The van der Waals surface area contributed by atoms with E-state index in [1.807, 2.05) is 19.9 Å². The van der Waals surface area contributed by atoms with Crippen LogP contribution in [0, 0.1) is 6.92 Å². The fourth-order valence-corrected chi connectivity index (χ4v) is 4.35. The van der Waals surface area contributed by atoms with E-state index in [9.17, 15) is 13.2 Å². The number of carbonyl (C=O) groups excluding carboxylic acids is 1. The van der Waals surface area contributed by atoms with Crippen LogP contribution in [0.3, 0.4) is 0 Å². The maximum Gasteiger partial charge on any atom is 0.262 e. The summed E-state index contributed by atoms with van der Waals surface area (Å²) in [5.41, 5.74) is 2.81. The van der Waals surface area contributed by atoms with Crippen LogP contribution >= 0.6 is 0 Å². The summed E-state index contributed by atoms with van der Waals surface area (Å²) < 4.78 is 34.2. The van der Waals surface area contributed by atoms with Crippen molar-refractivity contribution in [3.05, 3.63) is 65.4 Å². The van der Waals surface area contributed by atoms with E-state index in [-0.39, 0.29) is 16.6 Å². The van der Waals surface area contributed by atoms with Crippen molar-refractivity contribution in [1.82, 2.24) is 5.16 Å². The lowest BCUT2D eigenvalue weighted by molar-refractivity contribution is 0.101. The maximum absolute atomic E-state index is 13.2. The lowest BCUT2D eigenvalue weighted by Crippen LogP contribution is -2.16. The van der Waals surface area contributed by atoms with Crippen LogP contribution in [0.15, 0.2) is 57.9 Å². The molecule has 0 radical (unpaired) electrons. The molecule has 0 bridgehead atoms. The average Bonchev–Trinajstić information content (AvgIpc) is 3.07. The number of hydrogen-bond acceptors (Lipinski definition) is 5. The van der Waals surface area contributed by atoms with Crippen LogP contribution < -0.4 is 4.72 Å². The number of benzene rings is 2. The molecule has 28 heavy (non-hydrogen) atoms. The number of hydrogen-bond donors (Lipinski definition) is 1. The number of anilines is 1. The van der Waals surface area contributed by atoms with Crippen LogP contribution in [0.2, 0.25) is 0 Å². The van der Waals surface area contributed by atoms with Crippen molar-refractivity contribution in [2.75, 3.05) is 4.72 Å². The van der Waals surface area contributed by atoms with E-state index in [0.717, 1.165) is 0 Å². The van der Waals surface area contributed by atoms with Gasteiger partial charge in [0.1, 0.15) is 0 Å². The van der Waals surface area contributed by atoms with E-state index in [2.05, 4.69) is 9.88 Å². The molecule has 1 N–H and O–H groups in total. The molecule has 6 nitrogen and oxygen atoms in total. The van der Waals surface area contributed by atoms with E-state index in [1.54, 1.807) is 43.3 Å². The Morgan fingerprint density at radius 2 is 1.86 bits per heavy atom. The Bertz CT molecular complexity index is 1130. The number of ketones is 1.